The van der Waals surface area contributed by atoms with Gasteiger partial charge in [-0.1, -0.05) is 6.07 Å². The Kier molecular flexibility index (Phi) is 3.84. The van der Waals surface area contributed by atoms with Gasteiger partial charge in [0.2, 0.25) is 0 Å². The van der Waals surface area contributed by atoms with E-state index in [4.69, 9.17) is 13.9 Å². The van der Waals surface area contributed by atoms with Crippen LogP contribution in [-0.4, -0.2) is 48.4 Å². The molecule has 3 fully saturated rings. The van der Waals surface area contributed by atoms with Crippen LogP contribution in [0.25, 0.3) is 10.6 Å². The first kappa shape index (κ1) is 16.6. The number of ether oxygens (including phenoxy) is 2. The number of thiophene rings is 1. The summed E-state index contributed by atoms with van der Waals surface area (Å²) in [5.41, 5.74) is 0. The fraction of sp³-hybridized carbons (Fsp3) is 0.368. The Labute approximate surface area is 159 Å². The molecule has 0 aromatic carbocycles. The lowest BCUT2D eigenvalue weighted by Gasteiger charge is -2.39. The lowest BCUT2D eigenvalue weighted by Crippen LogP contribution is -2.58. The zero-order valence-corrected chi connectivity index (χ0v) is 15.3. The average Bonchev–Trinajstić information content (AvgIpc) is 3.29. The summed E-state index contributed by atoms with van der Waals surface area (Å²) in [6.07, 6.45) is 3.97. The van der Waals surface area contributed by atoms with E-state index < -0.39 is 17.8 Å². The van der Waals surface area contributed by atoms with Crippen molar-refractivity contribution >= 4 is 29.2 Å². The Morgan fingerprint density at radius 1 is 1.04 bits per heavy atom. The van der Waals surface area contributed by atoms with E-state index in [0.29, 0.717) is 19.0 Å². The van der Waals surface area contributed by atoms with E-state index in [9.17, 15) is 9.59 Å². The normalized spacial score (nSPS) is 26.6. The molecule has 140 valence electrons. The van der Waals surface area contributed by atoms with E-state index in [1.165, 1.54) is 0 Å². The SMILES string of the molecule is O=C1C=CC(=O)OC2(CN(c3ccc(-c4cccs4)o3)C3CCN2CC3)O1. The summed E-state index contributed by atoms with van der Waals surface area (Å²) in [4.78, 5) is 29.2. The van der Waals surface area contributed by atoms with Crippen LogP contribution in [0.3, 0.4) is 0 Å². The van der Waals surface area contributed by atoms with Gasteiger partial charge in [-0.2, -0.15) is 0 Å². The van der Waals surface area contributed by atoms with Gasteiger partial charge in [-0.3, -0.25) is 0 Å². The Morgan fingerprint density at radius 2 is 1.78 bits per heavy atom. The molecule has 2 aromatic rings. The van der Waals surface area contributed by atoms with Crippen molar-refractivity contribution in [3.05, 3.63) is 41.8 Å². The van der Waals surface area contributed by atoms with Gasteiger partial charge in [-0.05, 0) is 30.4 Å². The number of carbonyl (C=O) groups is 2. The number of hydrogen-bond donors (Lipinski definition) is 0. The first-order chi connectivity index (χ1) is 13.1. The minimum absolute atomic E-state index is 0.216. The fourth-order valence-corrected chi connectivity index (χ4v) is 4.67. The van der Waals surface area contributed by atoms with Crippen LogP contribution in [0.5, 0.6) is 0 Å². The predicted octanol–water partition coefficient (Wildman–Crippen LogP) is 2.60. The summed E-state index contributed by atoms with van der Waals surface area (Å²) in [5.74, 6) is -1.10. The maximum absolute atomic E-state index is 12.1. The minimum atomic E-state index is -1.43. The van der Waals surface area contributed by atoms with Crippen molar-refractivity contribution in [2.75, 3.05) is 24.5 Å². The van der Waals surface area contributed by atoms with E-state index >= 15 is 0 Å². The van der Waals surface area contributed by atoms with Crippen LogP contribution in [-0.2, 0) is 19.1 Å². The van der Waals surface area contributed by atoms with Crippen molar-refractivity contribution in [3.63, 3.8) is 0 Å². The highest BCUT2D eigenvalue weighted by atomic mass is 32.1. The topological polar surface area (TPSA) is 72.2 Å². The van der Waals surface area contributed by atoms with E-state index in [0.717, 1.165) is 35.6 Å². The first-order valence-corrected chi connectivity index (χ1v) is 9.80. The Bertz CT molecular complexity index is 875. The third-order valence-electron chi connectivity index (χ3n) is 5.27. The summed E-state index contributed by atoms with van der Waals surface area (Å²) in [5, 5.41) is 2.00. The molecule has 8 heteroatoms. The average molecular weight is 386 g/mol. The van der Waals surface area contributed by atoms with E-state index in [-0.39, 0.29) is 12.6 Å². The highest BCUT2D eigenvalue weighted by Gasteiger charge is 2.53. The second kappa shape index (κ2) is 6.24. The molecular weight excluding hydrogens is 368 g/mol. The van der Waals surface area contributed by atoms with Gasteiger partial charge in [0.15, 0.2) is 5.88 Å². The van der Waals surface area contributed by atoms with Gasteiger partial charge in [0.25, 0.3) is 0 Å². The largest absolute Gasteiger partial charge is 0.440 e. The molecule has 6 heterocycles. The summed E-state index contributed by atoms with van der Waals surface area (Å²) in [7, 11) is 0. The third-order valence-corrected chi connectivity index (χ3v) is 6.16. The van der Waals surface area contributed by atoms with E-state index in [2.05, 4.69) is 4.90 Å². The number of furan rings is 1. The molecule has 0 atom stereocenters. The molecule has 6 rings (SSSR count). The maximum atomic E-state index is 12.1. The molecule has 27 heavy (non-hydrogen) atoms. The Hall–Kier alpha value is -2.58. The lowest BCUT2D eigenvalue weighted by molar-refractivity contribution is -0.274. The number of piperidine rings is 1. The van der Waals surface area contributed by atoms with Crippen LogP contribution < -0.4 is 4.90 Å². The van der Waals surface area contributed by atoms with E-state index in [1.54, 1.807) is 11.3 Å². The van der Waals surface area contributed by atoms with Crippen molar-refractivity contribution < 1.29 is 23.5 Å². The van der Waals surface area contributed by atoms with Gasteiger partial charge in [-0.15, -0.1) is 11.3 Å². The maximum Gasteiger partial charge on any atom is 0.339 e. The van der Waals surface area contributed by atoms with Crippen molar-refractivity contribution in [2.45, 2.75) is 24.8 Å². The van der Waals surface area contributed by atoms with Crippen molar-refractivity contribution in [3.8, 4) is 10.6 Å². The van der Waals surface area contributed by atoms with Crippen LogP contribution in [0.15, 0.2) is 46.2 Å². The number of esters is 2. The summed E-state index contributed by atoms with van der Waals surface area (Å²) < 4.78 is 17.4. The summed E-state index contributed by atoms with van der Waals surface area (Å²) in [6.45, 7) is 1.58. The number of rotatable bonds is 2. The fourth-order valence-electron chi connectivity index (χ4n) is 3.99. The molecule has 7 nitrogen and oxygen atoms in total. The highest BCUT2D eigenvalue weighted by molar-refractivity contribution is 7.13. The smallest absolute Gasteiger partial charge is 0.339 e. The minimum Gasteiger partial charge on any atom is -0.440 e. The molecule has 4 aliphatic rings. The second-order valence-corrected chi connectivity index (χ2v) is 7.80. The lowest BCUT2D eigenvalue weighted by atomic mass is 10.1. The van der Waals surface area contributed by atoms with Crippen LogP contribution >= 0.6 is 11.3 Å². The van der Waals surface area contributed by atoms with Crippen molar-refractivity contribution in [2.24, 2.45) is 0 Å². The van der Waals surface area contributed by atoms with E-state index in [1.807, 2.05) is 34.5 Å². The van der Waals surface area contributed by atoms with Gasteiger partial charge in [0, 0.05) is 37.3 Å². The van der Waals surface area contributed by atoms with Gasteiger partial charge in [0.05, 0.1) is 4.88 Å². The molecule has 1 spiro atoms. The summed E-state index contributed by atoms with van der Waals surface area (Å²) in [6, 6.07) is 8.09. The van der Waals surface area contributed by atoms with Gasteiger partial charge < -0.3 is 18.8 Å². The number of carbonyl (C=O) groups excluding carboxylic acids is 2. The summed E-state index contributed by atoms with van der Waals surface area (Å²) >= 11 is 1.61. The standard InChI is InChI=1S/C19H18N2O5S/c22-17-5-6-18(23)26-19(25-17)12-21(13-7-9-20(19)10-8-13)16-4-3-14(24-16)15-2-1-11-27-15/h1-6,11,13H,7-10,12H2. The monoisotopic (exact) mass is 386 g/mol. The highest BCUT2D eigenvalue weighted by Crippen LogP contribution is 2.39. The van der Waals surface area contributed by atoms with Gasteiger partial charge in [0.1, 0.15) is 12.3 Å². The van der Waals surface area contributed by atoms with Gasteiger partial charge >= 0.3 is 17.8 Å². The molecule has 0 amide bonds. The second-order valence-electron chi connectivity index (χ2n) is 6.85. The first-order valence-electron chi connectivity index (χ1n) is 8.92. The van der Waals surface area contributed by atoms with Gasteiger partial charge in [-0.25, -0.2) is 14.5 Å². The molecule has 0 unspecified atom stereocenters. The molecule has 2 bridgehead atoms. The van der Waals surface area contributed by atoms with Crippen molar-refractivity contribution in [1.82, 2.24) is 4.90 Å². The molecule has 4 aliphatic heterocycles. The molecule has 0 N–H and O–H groups in total. The molecule has 0 aliphatic carbocycles. The molecule has 0 radical (unpaired) electrons. The van der Waals surface area contributed by atoms with Crippen LogP contribution in [0.4, 0.5) is 5.88 Å². The number of anilines is 1. The quantitative estimate of drug-likeness (QED) is 0.735. The molecule has 2 aromatic heterocycles. The zero-order valence-electron chi connectivity index (χ0n) is 14.5. The Balaban J connectivity index is 1.51. The number of hydrogen-bond acceptors (Lipinski definition) is 8. The zero-order chi connectivity index (χ0) is 18.4. The van der Waals surface area contributed by atoms with Crippen LogP contribution in [0.1, 0.15) is 12.8 Å². The van der Waals surface area contributed by atoms with Crippen molar-refractivity contribution in [1.29, 1.82) is 0 Å². The van der Waals surface area contributed by atoms with Crippen LogP contribution in [0, 0.1) is 0 Å². The van der Waals surface area contributed by atoms with Crippen LogP contribution in [0.2, 0.25) is 0 Å². The number of nitrogens with zero attached hydrogens (tertiary/aromatic N) is 2. The predicted molar refractivity (Wildman–Crippen MR) is 98.0 cm³/mol. The molecule has 3 saturated heterocycles. The third kappa shape index (κ3) is 2.85. The number of fused-ring (bicyclic) bond motifs is 3. The Morgan fingerprint density at radius 3 is 2.44 bits per heavy atom. The molecular formula is C19H18N2O5S. The molecule has 0 saturated carbocycles.